The van der Waals surface area contributed by atoms with E-state index in [1.807, 2.05) is 90.6 Å². The van der Waals surface area contributed by atoms with E-state index in [4.69, 9.17) is 4.74 Å². The summed E-state index contributed by atoms with van der Waals surface area (Å²) in [5, 5.41) is 9.58. The lowest BCUT2D eigenvalue weighted by molar-refractivity contribution is 0.00565. The minimum atomic E-state index is -0.528. The fourth-order valence-electron chi connectivity index (χ4n) is 4.66. The zero-order valence-electron chi connectivity index (χ0n) is 24.9. The van der Waals surface area contributed by atoms with Crippen molar-refractivity contribution >= 4 is 62.2 Å². The van der Waals surface area contributed by atoms with Gasteiger partial charge in [0, 0.05) is 41.6 Å². The van der Waals surface area contributed by atoms with E-state index in [1.54, 1.807) is 6.20 Å². The highest BCUT2D eigenvalue weighted by atomic mass is 79.9. The number of nitrogens with one attached hydrogen (secondary N) is 3. The molecule has 11 nitrogen and oxygen atoms in total. The summed E-state index contributed by atoms with van der Waals surface area (Å²) in [6.45, 7) is 16.9. The number of hydrogen-bond donors (Lipinski definition) is 3. The molecule has 220 valence electrons. The molecule has 2 aromatic heterocycles. The summed E-state index contributed by atoms with van der Waals surface area (Å²) in [5.74, 6) is 0.752. The van der Waals surface area contributed by atoms with Gasteiger partial charge in [0.25, 0.3) is 0 Å². The summed E-state index contributed by atoms with van der Waals surface area (Å²) < 4.78 is 6.25. The molecular formula is C29H39BrN8O3. The highest BCUT2D eigenvalue weighted by Crippen LogP contribution is 2.28. The van der Waals surface area contributed by atoms with Crippen molar-refractivity contribution in [2.75, 3.05) is 28.6 Å². The Balaban J connectivity index is 1.43. The first-order valence-electron chi connectivity index (χ1n) is 13.6. The molecule has 0 bridgehead atoms. The number of amides is 3. The number of halogens is 1. The third-order valence-electron chi connectivity index (χ3n) is 6.25. The van der Waals surface area contributed by atoms with Gasteiger partial charge in [-0.3, -0.25) is 10.2 Å². The van der Waals surface area contributed by atoms with E-state index in [-0.39, 0.29) is 29.7 Å². The largest absolute Gasteiger partial charge is 0.444 e. The molecule has 4 rings (SSSR count). The number of hydrogen-bond acceptors (Lipinski definition) is 8. The number of benzene rings is 1. The number of rotatable bonds is 4. The summed E-state index contributed by atoms with van der Waals surface area (Å²) in [6.07, 6.45) is 1.41. The Bertz CT molecular complexity index is 1410. The van der Waals surface area contributed by atoms with Crippen LogP contribution >= 0.6 is 15.9 Å². The zero-order chi connectivity index (χ0) is 30.1. The summed E-state index contributed by atoms with van der Waals surface area (Å²) in [7, 11) is 0. The van der Waals surface area contributed by atoms with Gasteiger partial charge in [-0.1, -0.05) is 0 Å². The van der Waals surface area contributed by atoms with Gasteiger partial charge in [-0.25, -0.2) is 19.6 Å². The smallest absolute Gasteiger partial charge is 0.410 e. The van der Waals surface area contributed by atoms with E-state index in [0.717, 1.165) is 16.8 Å². The number of pyridine rings is 1. The van der Waals surface area contributed by atoms with Gasteiger partial charge < -0.3 is 20.3 Å². The quantitative estimate of drug-likeness (QED) is 0.309. The molecule has 0 radical (unpaired) electrons. The van der Waals surface area contributed by atoms with Crippen molar-refractivity contribution < 1.29 is 14.3 Å². The molecule has 41 heavy (non-hydrogen) atoms. The predicted molar refractivity (Wildman–Crippen MR) is 166 cm³/mol. The Labute approximate surface area is 249 Å². The molecule has 3 N–H and O–H groups in total. The Kier molecular flexibility index (Phi) is 8.62. The number of anilines is 4. The maximum atomic E-state index is 12.7. The first-order valence-corrected chi connectivity index (χ1v) is 14.4. The maximum absolute atomic E-state index is 12.7. The van der Waals surface area contributed by atoms with Crippen LogP contribution in [0.1, 0.15) is 55.4 Å². The van der Waals surface area contributed by atoms with Crippen LogP contribution in [0, 0.1) is 0 Å². The molecule has 2 atom stereocenters. The molecule has 12 heteroatoms. The molecule has 3 amide bonds. The van der Waals surface area contributed by atoms with E-state index in [9.17, 15) is 9.59 Å². The molecule has 1 aliphatic heterocycles. The number of carbonyl (C=O) groups excluding carboxylic acids is 2. The van der Waals surface area contributed by atoms with Gasteiger partial charge in [-0.15, -0.1) is 0 Å². The molecule has 3 heterocycles. The number of piperazine rings is 1. The van der Waals surface area contributed by atoms with Gasteiger partial charge in [0.2, 0.25) is 5.95 Å². The van der Waals surface area contributed by atoms with Crippen molar-refractivity contribution in [1.29, 1.82) is 0 Å². The number of urea groups is 1. The van der Waals surface area contributed by atoms with Gasteiger partial charge >= 0.3 is 12.1 Å². The lowest BCUT2D eigenvalue weighted by Crippen LogP contribution is -2.59. The Morgan fingerprint density at radius 1 is 1.00 bits per heavy atom. The average molecular weight is 628 g/mol. The van der Waals surface area contributed by atoms with Crippen molar-refractivity contribution in [3.05, 3.63) is 41.0 Å². The van der Waals surface area contributed by atoms with Crippen LogP contribution in [-0.4, -0.2) is 68.3 Å². The molecule has 1 aromatic carbocycles. The summed E-state index contributed by atoms with van der Waals surface area (Å²) >= 11 is 3.46. The maximum Gasteiger partial charge on any atom is 0.410 e. The van der Waals surface area contributed by atoms with Crippen molar-refractivity contribution in [2.45, 2.75) is 78.6 Å². The standard InChI is InChI=1S/C29H39BrN8O3/c1-17-15-37(16-18(2)38(17)27(40)41-29(6,7)8)21-11-9-20(10-12-21)32-25-31-14-19-13-22(30)24(33-23(19)34-25)35-26(39)36-28(3,4)5/h9-14,17-18H,15-16H2,1-8H3,(H3,31,32,33,34,35,36,39)/t17-,18+. The predicted octanol–water partition coefficient (Wildman–Crippen LogP) is 6.29. The minimum Gasteiger partial charge on any atom is -0.444 e. The first kappa shape index (κ1) is 30.3. The van der Waals surface area contributed by atoms with E-state index in [1.165, 1.54) is 0 Å². The summed E-state index contributed by atoms with van der Waals surface area (Å²) in [6, 6.07) is 9.49. The van der Waals surface area contributed by atoms with Crippen molar-refractivity contribution in [1.82, 2.24) is 25.2 Å². The lowest BCUT2D eigenvalue weighted by atomic mass is 10.1. The van der Waals surface area contributed by atoms with Crippen molar-refractivity contribution in [3.63, 3.8) is 0 Å². The number of carbonyl (C=O) groups is 2. The number of ether oxygens (including phenoxy) is 1. The van der Waals surface area contributed by atoms with Crippen LogP contribution in [0.2, 0.25) is 0 Å². The topological polar surface area (TPSA) is 125 Å². The van der Waals surface area contributed by atoms with Gasteiger partial charge in [0.1, 0.15) is 5.60 Å². The second kappa shape index (κ2) is 11.7. The van der Waals surface area contributed by atoms with Gasteiger partial charge in [0.05, 0.1) is 16.6 Å². The number of fused-ring (bicyclic) bond motifs is 1. The van der Waals surface area contributed by atoms with Crippen LogP contribution in [0.5, 0.6) is 0 Å². The van der Waals surface area contributed by atoms with Gasteiger partial charge in [-0.05, 0) is 102 Å². The Hall–Kier alpha value is -3.67. The van der Waals surface area contributed by atoms with Crippen molar-refractivity contribution in [3.8, 4) is 0 Å². The molecule has 3 aromatic rings. The average Bonchev–Trinajstić information content (AvgIpc) is 2.82. The van der Waals surface area contributed by atoms with Crippen molar-refractivity contribution in [2.24, 2.45) is 0 Å². The molecule has 1 aliphatic rings. The third kappa shape index (κ3) is 7.96. The van der Waals surface area contributed by atoms with Crippen LogP contribution in [0.3, 0.4) is 0 Å². The van der Waals surface area contributed by atoms with Crippen LogP contribution in [0.4, 0.5) is 32.7 Å². The Morgan fingerprint density at radius 3 is 2.22 bits per heavy atom. The molecule has 0 aliphatic carbocycles. The normalized spacial score (nSPS) is 17.8. The molecule has 0 saturated carbocycles. The van der Waals surface area contributed by atoms with Gasteiger partial charge in [0.15, 0.2) is 11.5 Å². The van der Waals surface area contributed by atoms with Crippen LogP contribution in [-0.2, 0) is 4.74 Å². The molecular weight excluding hydrogens is 588 g/mol. The van der Waals surface area contributed by atoms with Crippen LogP contribution in [0.15, 0.2) is 41.0 Å². The number of aromatic nitrogens is 3. The van der Waals surface area contributed by atoms with E-state index in [0.29, 0.717) is 35.0 Å². The third-order valence-corrected chi connectivity index (χ3v) is 6.86. The lowest BCUT2D eigenvalue weighted by Gasteiger charge is -2.45. The second-order valence-corrected chi connectivity index (χ2v) is 13.3. The molecule has 1 fully saturated rings. The van der Waals surface area contributed by atoms with E-state index < -0.39 is 5.60 Å². The second-order valence-electron chi connectivity index (χ2n) is 12.4. The Morgan fingerprint density at radius 2 is 1.63 bits per heavy atom. The summed E-state index contributed by atoms with van der Waals surface area (Å²) in [4.78, 5) is 42.7. The highest BCUT2D eigenvalue weighted by Gasteiger charge is 2.35. The monoisotopic (exact) mass is 626 g/mol. The van der Waals surface area contributed by atoms with E-state index >= 15 is 0 Å². The molecule has 0 spiro atoms. The SMILES string of the molecule is C[C@@H]1CN(c2ccc(Nc3ncc4cc(Br)c(NC(=O)NC(C)(C)C)nc4n3)cc2)C[C@H](C)N1C(=O)OC(C)(C)C. The number of nitrogens with zero attached hydrogens (tertiary/aromatic N) is 5. The first-order chi connectivity index (χ1) is 19.1. The van der Waals surface area contributed by atoms with Crippen LogP contribution in [0.25, 0.3) is 11.0 Å². The minimum absolute atomic E-state index is 0.00357. The molecule has 1 saturated heterocycles. The van der Waals surface area contributed by atoms with Gasteiger partial charge in [-0.2, -0.15) is 4.98 Å². The fourth-order valence-corrected chi connectivity index (χ4v) is 5.09. The molecule has 0 unspecified atom stereocenters. The fraction of sp³-hybridized carbons (Fsp3) is 0.483. The highest BCUT2D eigenvalue weighted by molar-refractivity contribution is 9.10. The van der Waals surface area contributed by atoms with E-state index in [2.05, 4.69) is 51.7 Å². The van der Waals surface area contributed by atoms with Crippen LogP contribution < -0.4 is 20.9 Å². The summed E-state index contributed by atoms with van der Waals surface area (Å²) in [5.41, 5.74) is 1.42. The zero-order valence-corrected chi connectivity index (χ0v) is 26.5.